The molecule has 1 heterocycles. The molecule has 1 fully saturated rings. The molecule has 18 heavy (non-hydrogen) atoms. The summed E-state index contributed by atoms with van der Waals surface area (Å²) in [4.78, 5) is 0.364. The molecule has 2 rings (SSSR count). The normalized spacial score (nSPS) is 17.7. The molecule has 1 saturated heterocycles. The smallest absolute Gasteiger partial charge is 0.175 e. The van der Waals surface area contributed by atoms with Crippen LogP contribution in [0.25, 0.3) is 0 Å². The van der Waals surface area contributed by atoms with Gasteiger partial charge in [-0.25, -0.2) is 8.42 Å². The third-order valence-corrected chi connectivity index (χ3v) is 4.33. The van der Waals surface area contributed by atoms with Crippen LogP contribution in [0.1, 0.15) is 18.4 Å². The molecule has 1 aliphatic heterocycles. The average Bonchev–Trinajstić information content (AvgIpc) is 2.32. The van der Waals surface area contributed by atoms with Crippen LogP contribution in [0.3, 0.4) is 0 Å². The minimum Gasteiger partial charge on any atom is -0.382 e. The maximum absolute atomic E-state index is 11.5. The Balaban J connectivity index is 2.21. The Morgan fingerprint density at radius 2 is 1.94 bits per heavy atom. The Bertz CT molecular complexity index is 519. The summed E-state index contributed by atoms with van der Waals surface area (Å²) in [7, 11) is -3.15. The molecule has 0 amide bonds. The summed E-state index contributed by atoms with van der Waals surface area (Å²) in [6, 6.07) is 5.59. The lowest BCUT2D eigenvalue weighted by Crippen LogP contribution is -2.28. The van der Waals surface area contributed by atoms with Crippen LogP contribution >= 0.6 is 0 Å². The highest BCUT2D eigenvalue weighted by Gasteiger charge is 2.15. The van der Waals surface area contributed by atoms with Crippen molar-refractivity contribution >= 4 is 15.5 Å². The van der Waals surface area contributed by atoms with Gasteiger partial charge in [-0.1, -0.05) is 6.07 Å². The first kappa shape index (κ1) is 13.4. The van der Waals surface area contributed by atoms with Gasteiger partial charge in [-0.3, -0.25) is 0 Å². The molecule has 1 aromatic carbocycles. The van der Waals surface area contributed by atoms with Crippen molar-refractivity contribution < 1.29 is 13.2 Å². The van der Waals surface area contributed by atoms with Gasteiger partial charge in [0.1, 0.15) is 0 Å². The van der Waals surface area contributed by atoms with Gasteiger partial charge in [0.05, 0.1) is 4.90 Å². The Morgan fingerprint density at radius 3 is 2.56 bits per heavy atom. The van der Waals surface area contributed by atoms with Crippen LogP contribution in [-0.2, 0) is 14.6 Å². The molecule has 0 saturated carbocycles. The van der Waals surface area contributed by atoms with Crippen LogP contribution in [0.5, 0.6) is 0 Å². The fourth-order valence-corrected chi connectivity index (χ4v) is 2.70. The molecule has 0 atom stereocenters. The lowest BCUT2D eigenvalue weighted by molar-refractivity contribution is 0.0904. The molecule has 0 bridgehead atoms. The van der Waals surface area contributed by atoms with E-state index < -0.39 is 9.84 Å². The highest BCUT2D eigenvalue weighted by atomic mass is 32.2. The van der Waals surface area contributed by atoms with Crippen LogP contribution in [0.4, 0.5) is 5.69 Å². The van der Waals surface area contributed by atoms with Crippen molar-refractivity contribution in [3.8, 4) is 0 Å². The zero-order chi connectivity index (χ0) is 13.2. The molecule has 1 aromatic rings. The Hall–Kier alpha value is -1.07. The molecule has 1 N–H and O–H groups in total. The molecule has 0 aliphatic carbocycles. The van der Waals surface area contributed by atoms with Gasteiger partial charge in [-0.15, -0.1) is 0 Å². The van der Waals surface area contributed by atoms with Crippen molar-refractivity contribution in [3.05, 3.63) is 23.8 Å². The Labute approximate surface area is 108 Å². The van der Waals surface area contributed by atoms with Crippen LogP contribution in [-0.4, -0.2) is 33.9 Å². The molecular formula is C13H19NO3S. The van der Waals surface area contributed by atoms with Crippen molar-refractivity contribution in [1.29, 1.82) is 0 Å². The number of hydrogen-bond donors (Lipinski definition) is 1. The number of rotatable bonds is 3. The Morgan fingerprint density at radius 1 is 1.28 bits per heavy atom. The summed E-state index contributed by atoms with van der Waals surface area (Å²) in [6.07, 6.45) is 3.15. The van der Waals surface area contributed by atoms with Crippen LogP contribution in [0.2, 0.25) is 0 Å². The first-order valence-electron chi connectivity index (χ1n) is 6.12. The number of aryl methyl sites for hydroxylation is 1. The van der Waals surface area contributed by atoms with Crippen LogP contribution in [0.15, 0.2) is 23.1 Å². The second-order valence-corrected chi connectivity index (χ2v) is 6.80. The fourth-order valence-electron chi connectivity index (χ4n) is 2.05. The molecule has 4 nitrogen and oxygen atoms in total. The number of ether oxygens (including phenoxy) is 1. The first-order valence-corrected chi connectivity index (χ1v) is 8.01. The molecule has 1 aliphatic rings. The zero-order valence-electron chi connectivity index (χ0n) is 10.8. The predicted molar refractivity (Wildman–Crippen MR) is 71.8 cm³/mol. The number of benzene rings is 1. The number of sulfone groups is 1. The van der Waals surface area contributed by atoms with Crippen molar-refractivity contribution in [1.82, 2.24) is 0 Å². The highest BCUT2D eigenvalue weighted by Crippen LogP contribution is 2.23. The van der Waals surface area contributed by atoms with E-state index in [1.165, 1.54) is 6.26 Å². The van der Waals surface area contributed by atoms with Crippen molar-refractivity contribution in [2.24, 2.45) is 0 Å². The van der Waals surface area contributed by atoms with E-state index in [4.69, 9.17) is 4.74 Å². The predicted octanol–water partition coefficient (Wildman–Crippen LogP) is 1.99. The quantitative estimate of drug-likeness (QED) is 0.911. The number of nitrogens with one attached hydrogen (secondary N) is 1. The first-order chi connectivity index (χ1) is 8.47. The van der Waals surface area contributed by atoms with E-state index in [-0.39, 0.29) is 0 Å². The maximum atomic E-state index is 11.5. The minimum atomic E-state index is -3.15. The van der Waals surface area contributed by atoms with Gasteiger partial charge in [-0.05, 0) is 37.5 Å². The summed E-state index contributed by atoms with van der Waals surface area (Å²) in [5, 5.41) is 3.42. The molecule has 100 valence electrons. The van der Waals surface area contributed by atoms with Crippen molar-refractivity contribution in [3.63, 3.8) is 0 Å². The number of hydrogen-bond acceptors (Lipinski definition) is 4. The monoisotopic (exact) mass is 269 g/mol. The number of anilines is 1. The van der Waals surface area contributed by atoms with Gasteiger partial charge in [0.2, 0.25) is 0 Å². The topological polar surface area (TPSA) is 55.4 Å². The molecule has 0 spiro atoms. The van der Waals surface area contributed by atoms with E-state index >= 15 is 0 Å². The van der Waals surface area contributed by atoms with Crippen LogP contribution < -0.4 is 5.32 Å². The van der Waals surface area contributed by atoms with E-state index in [1.54, 1.807) is 12.1 Å². The zero-order valence-corrected chi connectivity index (χ0v) is 11.6. The molecular weight excluding hydrogens is 250 g/mol. The van der Waals surface area contributed by atoms with Gasteiger partial charge in [0.25, 0.3) is 0 Å². The molecule has 0 aromatic heterocycles. The summed E-state index contributed by atoms with van der Waals surface area (Å²) in [6.45, 7) is 3.51. The van der Waals surface area contributed by atoms with Crippen LogP contribution in [0, 0.1) is 6.92 Å². The van der Waals surface area contributed by atoms with Gasteiger partial charge < -0.3 is 10.1 Å². The maximum Gasteiger partial charge on any atom is 0.175 e. The van der Waals surface area contributed by atoms with E-state index in [0.29, 0.717) is 10.9 Å². The van der Waals surface area contributed by atoms with E-state index in [9.17, 15) is 8.42 Å². The summed E-state index contributed by atoms with van der Waals surface area (Å²) < 4.78 is 28.4. The lowest BCUT2D eigenvalue weighted by Gasteiger charge is -2.25. The SMILES string of the molecule is Cc1ccc(S(C)(=O)=O)cc1NC1CCOCC1. The van der Waals surface area contributed by atoms with Crippen molar-refractivity contribution in [2.75, 3.05) is 24.8 Å². The third kappa shape index (κ3) is 3.23. The average molecular weight is 269 g/mol. The van der Waals surface area contributed by atoms with Gasteiger partial charge in [0.15, 0.2) is 9.84 Å². The summed E-state index contributed by atoms with van der Waals surface area (Å²) >= 11 is 0. The second-order valence-electron chi connectivity index (χ2n) is 4.78. The summed E-state index contributed by atoms with van der Waals surface area (Å²) in [5.74, 6) is 0. The highest BCUT2D eigenvalue weighted by molar-refractivity contribution is 7.90. The minimum absolute atomic E-state index is 0.364. The summed E-state index contributed by atoms with van der Waals surface area (Å²) in [5.41, 5.74) is 1.97. The molecule has 0 unspecified atom stereocenters. The van der Waals surface area contributed by atoms with Crippen molar-refractivity contribution in [2.45, 2.75) is 30.7 Å². The van der Waals surface area contributed by atoms with Gasteiger partial charge in [-0.2, -0.15) is 0 Å². The third-order valence-electron chi connectivity index (χ3n) is 3.22. The standard InChI is InChI=1S/C13H19NO3S/c1-10-3-4-12(18(2,15)16)9-13(10)14-11-5-7-17-8-6-11/h3-4,9,11,14H,5-8H2,1-2H3. The molecule has 5 heteroatoms. The lowest BCUT2D eigenvalue weighted by atomic mass is 10.1. The second kappa shape index (κ2) is 5.28. The van der Waals surface area contributed by atoms with Gasteiger partial charge in [0, 0.05) is 31.2 Å². The fraction of sp³-hybridized carbons (Fsp3) is 0.538. The largest absolute Gasteiger partial charge is 0.382 e. The van der Waals surface area contributed by atoms with E-state index in [0.717, 1.165) is 37.3 Å². The van der Waals surface area contributed by atoms with Gasteiger partial charge >= 0.3 is 0 Å². The Kier molecular flexibility index (Phi) is 3.92. The van der Waals surface area contributed by atoms with E-state index in [1.807, 2.05) is 13.0 Å². The van der Waals surface area contributed by atoms with E-state index in [2.05, 4.69) is 5.32 Å². The molecule has 0 radical (unpaired) electrons.